The van der Waals surface area contributed by atoms with Gasteiger partial charge in [-0.05, 0) is 60.1 Å². The third-order valence-corrected chi connectivity index (χ3v) is 3.72. The summed E-state index contributed by atoms with van der Waals surface area (Å²) >= 11 is 3.11. The van der Waals surface area contributed by atoms with Gasteiger partial charge < -0.3 is 4.90 Å². The van der Waals surface area contributed by atoms with Crippen LogP contribution in [0.2, 0.25) is 0 Å². The minimum absolute atomic E-state index is 0.0170. The van der Waals surface area contributed by atoms with Gasteiger partial charge in [0.1, 0.15) is 5.82 Å². The molecule has 5 heteroatoms. The van der Waals surface area contributed by atoms with E-state index in [1.165, 1.54) is 18.2 Å². The van der Waals surface area contributed by atoms with Gasteiger partial charge in [0.2, 0.25) is 0 Å². The molecule has 0 fully saturated rings. The van der Waals surface area contributed by atoms with Crippen molar-refractivity contribution in [1.29, 1.82) is 0 Å². The highest BCUT2D eigenvalue weighted by Crippen LogP contribution is 2.19. The molecule has 0 aliphatic rings. The zero-order chi connectivity index (χ0) is 15.4. The van der Waals surface area contributed by atoms with Gasteiger partial charge in [0.25, 0.3) is 5.91 Å². The van der Waals surface area contributed by atoms with Gasteiger partial charge in [0, 0.05) is 17.8 Å². The Hall–Kier alpha value is -1.75. The Labute approximate surface area is 131 Å². The molecule has 1 aromatic heterocycles. The minimum atomic E-state index is -0.382. The summed E-state index contributed by atoms with van der Waals surface area (Å²) in [6, 6.07) is 9.91. The van der Waals surface area contributed by atoms with E-state index in [0.29, 0.717) is 12.1 Å². The summed E-state index contributed by atoms with van der Waals surface area (Å²) < 4.78 is 13.6. The number of aromatic nitrogens is 1. The highest BCUT2D eigenvalue weighted by molar-refractivity contribution is 9.10. The Morgan fingerprint density at radius 3 is 2.67 bits per heavy atom. The Bertz CT molecular complexity index is 631. The molecular formula is C16H16BrFN2O. The molecule has 0 bridgehead atoms. The van der Waals surface area contributed by atoms with Crippen LogP contribution in [0.5, 0.6) is 0 Å². The van der Waals surface area contributed by atoms with Crippen molar-refractivity contribution in [1.82, 2.24) is 9.88 Å². The van der Waals surface area contributed by atoms with E-state index in [1.54, 1.807) is 11.1 Å². The molecule has 110 valence electrons. The van der Waals surface area contributed by atoms with Crippen LogP contribution < -0.4 is 0 Å². The highest BCUT2D eigenvalue weighted by Gasteiger charge is 2.20. The number of amides is 1. The molecular weight excluding hydrogens is 335 g/mol. The number of pyridine rings is 1. The Morgan fingerprint density at radius 1 is 1.33 bits per heavy atom. The van der Waals surface area contributed by atoms with Gasteiger partial charge in [-0.2, -0.15) is 0 Å². The molecule has 0 N–H and O–H groups in total. The maximum atomic E-state index is 13.3. The predicted molar refractivity (Wildman–Crippen MR) is 83.3 cm³/mol. The van der Waals surface area contributed by atoms with E-state index in [2.05, 4.69) is 20.9 Å². The van der Waals surface area contributed by atoms with Crippen LogP contribution in [0.1, 0.15) is 29.9 Å². The number of carbonyl (C=O) groups excluding carboxylic acids is 1. The van der Waals surface area contributed by atoms with Crippen LogP contribution in [0.4, 0.5) is 4.39 Å². The number of halogens is 2. The van der Waals surface area contributed by atoms with Crippen molar-refractivity contribution < 1.29 is 9.18 Å². The summed E-state index contributed by atoms with van der Waals surface area (Å²) in [6.45, 7) is 4.31. The fraction of sp³-hybridized carbons (Fsp3) is 0.250. The summed E-state index contributed by atoms with van der Waals surface area (Å²) in [7, 11) is 0. The maximum Gasteiger partial charge on any atom is 0.254 e. The number of hydrogen-bond acceptors (Lipinski definition) is 2. The van der Waals surface area contributed by atoms with E-state index in [-0.39, 0.29) is 22.2 Å². The van der Waals surface area contributed by atoms with Gasteiger partial charge in [0.15, 0.2) is 0 Å². The first-order valence-electron chi connectivity index (χ1n) is 6.65. The number of hydrogen-bond donors (Lipinski definition) is 0. The Morgan fingerprint density at radius 2 is 2.10 bits per heavy atom. The van der Waals surface area contributed by atoms with Crippen molar-refractivity contribution in [3.63, 3.8) is 0 Å². The first kappa shape index (κ1) is 15.6. The number of rotatable bonds is 4. The maximum absolute atomic E-state index is 13.3. The number of carbonyl (C=O) groups is 1. The van der Waals surface area contributed by atoms with E-state index >= 15 is 0 Å². The van der Waals surface area contributed by atoms with Crippen molar-refractivity contribution >= 4 is 21.8 Å². The van der Waals surface area contributed by atoms with Crippen molar-refractivity contribution in [3.8, 4) is 0 Å². The van der Waals surface area contributed by atoms with Crippen molar-refractivity contribution in [2.45, 2.75) is 26.4 Å². The van der Waals surface area contributed by atoms with E-state index < -0.39 is 0 Å². The molecule has 0 saturated heterocycles. The molecule has 21 heavy (non-hydrogen) atoms. The normalized spacial score (nSPS) is 10.7. The molecule has 1 aromatic carbocycles. The molecule has 0 saturated carbocycles. The molecule has 2 rings (SSSR count). The minimum Gasteiger partial charge on any atom is -0.330 e. The fourth-order valence-corrected chi connectivity index (χ4v) is 2.33. The van der Waals surface area contributed by atoms with Crippen molar-refractivity contribution in [2.24, 2.45) is 0 Å². The first-order valence-corrected chi connectivity index (χ1v) is 7.44. The molecule has 0 spiro atoms. The summed E-state index contributed by atoms with van der Waals surface area (Å²) in [5, 5.41) is 0. The van der Waals surface area contributed by atoms with Crippen LogP contribution in [0.25, 0.3) is 0 Å². The lowest BCUT2D eigenvalue weighted by atomic mass is 10.1. The van der Waals surface area contributed by atoms with Crippen LogP contribution >= 0.6 is 15.9 Å². The highest BCUT2D eigenvalue weighted by atomic mass is 79.9. The topological polar surface area (TPSA) is 33.2 Å². The largest absolute Gasteiger partial charge is 0.330 e. The van der Waals surface area contributed by atoms with Gasteiger partial charge in [0.05, 0.1) is 16.7 Å². The SMILES string of the molecule is CC(C)N(Cc1ccccn1)C(=O)c1ccc(F)c(Br)c1. The zero-order valence-corrected chi connectivity index (χ0v) is 13.5. The monoisotopic (exact) mass is 350 g/mol. The van der Waals surface area contributed by atoms with Crippen molar-refractivity contribution in [3.05, 3.63) is 64.1 Å². The Kier molecular flexibility index (Phi) is 5.07. The van der Waals surface area contributed by atoms with Gasteiger partial charge in [-0.15, -0.1) is 0 Å². The lowest BCUT2D eigenvalue weighted by molar-refractivity contribution is 0.0687. The summed E-state index contributed by atoms with van der Waals surface area (Å²) in [5.41, 5.74) is 1.27. The van der Waals surface area contributed by atoms with Gasteiger partial charge >= 0.3 is 0 Å². The summed E-state index contributed by atoms with van der Waals surface area (Å²) in [5.74, 6) is -0.524. The third kappa shape index (κ3) is 3.88. The molecule has 0 aliphatic heterocycles. The lowest BCUT2D eigenvalue weighted by Crippen LogP contribution is -2.36. The van der Waals surface area contributed by atoms with Crippen molar-refractivity contribution in [2.75, 3.05) is 0 Å². The van der Waals surface area contributed by atoms with E-state index in [0.717, 1.165) is 5.69 Å². The van der Waals surface area contributed by atoms with E-state index in [4.69, 9.17) is 0 Å². The molecule has 0 atom stereocenters. The van der Waals surface area contributed by atoms with Gasteiger partial charge in [-0.25, -0.2) is 4.39 Å². The molecule has 0 aliphatic carbocycles. The second-order valence-corrected chi connectivity index (χ2v) is 5.83. The van der Waals surface area contributed by atoms with Crippen LogP contribution in [0.3, 0.4) is 0 Å². The molecule has 0 unspecified atom stereocenters. The fourth-order valence-electron chi connectivity index (χ4n) is 1.95. The second kappa shape index (κ2) is 6.80. The summed E-state index contributed by atoms with van der Waals surface area (Å²) in [4.78, 5) is 18.6. The average Bonchev–Trinajstić information content (AvgIpc) is 2.47. The molecule has 2 aromatic rings. The average molecular weight is 351 g/mol. The van der Waals surface area contributed by atoms with E-state index in [1.807, 2.05) is 32.0 Å². The van der Waals surface area contributed by atoms with Crippen LogP contribution in [-0.2, 0) is 6.54 Å². The number of nitrogens with zero attached hydrogens (tertiary/aromatic N) is 2. The summed E-state index contributed by atoms with van der Waals surface area (Å²) in [6.07, 6.45) is 1.70. The lowest BCUT2D eigenvalue weighted by Gasteiger charge is -2.26. The molecule has 1 heterocycles. The van der Waals surface area contributed by atoms with Crippen LogP contribution in [0.15, 0.2) is 47.1 Å². The van der Waals surface area contributed by atoms with Crippen LogP contribution in [0, 0.1) is 5.82 Å². The first-order chi connectivity index (χ1) is 9.99. The molecule has 1 amide bonds. The standard InChI is InChI=1S/C16H16BrFN2O/c1-11(2)20(10-13-5-3-4-8-19-13)16(21)12-6-7-15(18)14(17)9-12/h3-9,11H,10H2,1-2H3. The smallest absolute Gasteiger partial charge is 0.254 e. The van der Waals surface area contributed by atoms with Gasteiger partial charge in [-0.1, -0.05) is 6.07 Å². The molecule has 0 radical (unpaired) electrons. The predicted octanol–water partition coefficient (Wildman–Crippen LogP) is 4.03. The van der Waals surface area contributed by atoms with E-state index in [9.17, 15) is 9.18 Å². The zero-order valence-electron chi connectivity index (χ0n) is 11.9. The third-order valence-electron chi connectivity index (χ3n) is 3.11. The number of benzene rings is 1. The second-order valence-electron chi connectivity index (χ2n) is 4.98. The van der Waals surface area contributed by atoms with Crippen LogP contribution in [-0.4, -0.2) is 21.8 Å². The molecule has 3 nitrogen and oxygen atoms in total. The van der Waals surface area contributed by atoms with Gasteiger partial charge in [-0.3, -0.25) is 9.78 Å². The quantitative estimate of drug-likeness (QED) is 0.833. The Balaban J connectivity index is 2.25.